The van der Waals surface area contributed by atoms with Gasteiger partial charge in [-0.05, 0) is 77.7 Å². The number of rotatable bonds is 5. The molecule has 2 heterocycles. The van der Waals surface area contributed by atoms with Crippen molar-refractivity contribution in [3.05, 3.63) is 149 Å². The average molecular weight is 723 g/mol. The zero-order valence-electron chi connectivity index (χ0n) is 28.1. The van der Waals surface area contributed by atoms with Gasteiger partial charge in [0.05, 0.1) is 40.1 Å². The van der Waals surface area contributed by atoms with Crippen molar-refractivity contribution in [2.75, 3.05) is 9.80 Å². The Balaban J connectivity index is 1.29. The highest BCUT2D eigenvalue weighted by Crippen LogP contribution is 2.65. The molecule has 262 valence electrons. The van der Waals surface area contributed by atoms with E-state index in [4.69, 9.17) is 11.6 Å². The lowest BCUT2D eigenvalue weighted by atomic mass is 9.49. The molecule has 4 aliphatic rings. The van der Waals surface area contributed by atoms with Crippen LogP contribution in [0.1, 0.15) is 40.2 Å². The van der Waals surface area contributed by atoms with Crippen LogP contribution in [0, 0.1) is 23.7 Å². The molecule has 0 aromatic heterocycles. The Morgan fingerprint density at radius 2 is 1.42 bits per heavy atom. The standard InChI is InChI=1S/C43H31ClN2O7/c44-25-11-7-13-27(21-25)46-39(49)34-22-33-31(16-17-32-36(33)40(50)45(38(32)48)26-12-6-8-23(20-26)41(51)52)37(43(34,42(46)53)24-9-2-1-3-10-24)30-18-19-35(47)29-15-5-4-14-28(29)30/h1-16,18-21,32-34,36-37,47H,17,22H2,(H,51,52)/t32-,33+,34-,36-,37-,43+/m0/s1. The van der Waals surface area contributed by atoms with Crippen molar-refractivity contribution in [2.24, 2.45) is 23.7 Å². The smallest absolute Gasteiger partial charge is 0.335 e. The maximum atomic E-state index is 15.5. The number of hydrogen-bond donors (Lipinski definition) is 2. The Morgan fingerprint density at radius 1 is 0.717 bits per heavy atom. The molecule has 3 fully saturated rings. The van der Waals surface area contributed by atoms with E-state index in [1.807, 2.05) is 54.6 Å². The number of aromatic carboxylic acids is 1. The molecule has 0 spiro atoms. The first-order valence-corrected chi connectivity index (χ1v) is 17.8. The number of hydrogen-bond acceptors (Lipinski definition) is 6. The van der Waals surface area contributed by atoms with Gasteiger partial charge in [0.2, 0.25) is 23.6 Å². The quantitative estimate of drug-likeness (QED) is 0.144. The first kappa shape index (κ1) is 32.8. The number of benzene rings is 5. The number of carboxylic acids is 1. The Bertz CT molecular complexity index is 2460. The third-order valence-electron chi connectivity index (χ3n) is 11.8. The predicted octanol–water partition coefficient (Wildman–Crippen LogP) is 7.26. The van der Waals surface area contributed by atoms with Crippen LogP contribution >= 0.6 is 11.6 Å². The molecular weight excluding hydrogens is 692 g/mol. The Hall–Kier alpha value is -6.06. The second-order valence-corrected chi connectivity index (χ2v) is 14.6. The number of anilines is 2. The molecule has 53 heavy (non-hydrogen) atoms. The Kier molecular flexibility index (Phi) is 7.43. The number of aromatic hydroxyl groups is 1. The predicted molar refractivity (Wildman–Crippen MR) is 198 cm³/mol. The van der Waals surface area contributed by atoms with Crippen molar-refractivity contribution in [1.82, 2.24) is 0 Å². The zero-order valence-corrected chi connectivity index (χ0v) is 28.8. The van der Waals surface area contributed by atoms with Crippen LogP contribution in [0.5, 0.6) is 5.75 Å². The van der Waals surface area contributed by atoms with Gasteiger partial charge in [0.15, 0.2) is 0 Å². The summed E-state index contributed by atoms with van der Waals surface area (Å²) < 4.78 is 0. The van der Waals surface area contributed by atoms with E-state index in [-0.39, 0.29) is 29.8 Å². The summed E-state index contributed by atoms with van der Waals surface area (Å²) in [5.74, 6) is -6.85. The molecule has 2 N–H and O–H groups in total. The molecule has 6 atom stereocenters. The van der Waals surface area contributed by atoms with Gasteiger partial charge < -0.3 is 10.2 Å². The summed E-state index contributed by atoms with van der Waals surface area (Å²) in [6, 6.07) is 32.4. The Morgan fingerprint density at radius 3 is 2.15 bits per heavy atom. The molecule has 10 heteroatoms. The van der Waals surface area contributed by atoms with Gasteiger partial charge in [-0.25, -0.2) is 9.69 Å². The van der Waals surface area contributed by atoms with E-state index < -0.39 is 64.6 Å². The van der Waals surface area contributed by atoms with Crippen LogP contribution in [0.25, 0.3) is 10.8 Å². The molecule has 0 radical (unpaired) electrons. The van der Waals surface area contributed by atoms with E-state index in [1.165, 1.54) is 23.1 Å². The normalized spacial score (nSPS) is 26.4. The van der Waals surface area contributed by atoms with Gasteiger partial charge in [-0.1, -0.05) is 96.0 Å². The van der Waals surface area contributed by atoms with Crippen molar-refractivity contribution < 1.29 is 34.2 Å². The van der Waals surface area contributed by atoms with Gasteiger partial charge in [-0.2, -0.15) is 0 Å². The van der Waals surface area contributed by atoms with Gasteiger partial charge in [0, 0.05) is 16.3 Å². The van der Waals surface area contributed by atoms with E-state index in [2.05, 4.69) is 0 Å². The number of nitrogens with zero attached hydrogens (tertiary/aromatic N) is 2. The molecule has 0 bridgehead atoms. The first-order chi connectivity index (χ1) is 25.6. The minimum Gasteiger partial charge on any atom is -0.507 e. The number of imide groups is 2. The highest BCUT2D eigenvalue weighted by Gasteiger charge is 2.70. The molecule has 2 saturated heterocycles. The van der Waals surface area contributed by atoms with Crippen molar-refractivity contribution in [1.29, 1.82) is 0 Å². The first-order valence-electron chi connectivity index (χ1n) is 17.4. The largest absolute Gasteiger partial charge is 0.507 e. The summed E-state index contributed by atoms with van der Waals surface area (Å²) in [6.45, 7) is 0. The van der Waals surface area contributed by atoms with Crippen LogP contribution in [0.3, 0.4) is 0 Å². The number of phenols is 1. The molecular formula is C43H31ClN2O7. The summed E-state index contributed by atoms with van der Waals surface area (Å²) in [5, 5.41) is 22.3. The number of halogens is 1. The lowest BCUT2D eigenvalue weighted by Gasteiger charge is -2.51. The zero-order chi connectivity index (χ0) is 36.8. The molecule has 2 aliphatic heterocycles. The monoisotopic (exact) mass is 722 g/mol. The fourth-order valence-corrected chi connectivity index (χ4v) is 9.86. The van der Waals surface area contributed by atoms with E-state index >= 15 is 9.59 Å². The van der Waals surface area contributed by atoms with Crippen LogP contribution in [0.4, 0.5) is 11.4 Å². The van der Waals surface area contributed by atoms with Crippen LogP contribution in [0.15, 0.2) is 127 Å². The van der Waals surface area contributed by atoms with Crippen molar-refractivity contribution >= 4 is 63.3 Å². The lowest BCUT2D eigenvalue weighted by Crippen LogP contribution is -2.53. The van der Waals surface area contributed by atoms with Gasteiger partial charge >= 0.3 is 5.97 Å². The van der Waals surface area contributed by atoms with E-state index in [0.717, 1.165) is 10.5 Å². The maximum absolute atomic E-state index is 15.5. The molecule has 9 nitrogen and oxygen atoms in total. The van der Waals surface area contributed by atoms with Crippen LogP contribution < -0.4 is 9.80 Å². The van der Waals surface area contributed by atoms with Crippen LogP contribution in [0.2, 0.25) is 5.02 Å². The minimum atomic E-state index is -1.48. The van der Waals surface area contributed by atoms with Gasteiger partial charge in [0.25, 0.3) is 0 Å². The van der Waals surface area contributed by atoms with Crippen molar-refractivity contribution in [3.63, 3.8) is 0 Å². The van der Waals surface area contributed by atoms with E-state index in [9.17, 15) is 24.6 Å². The molecule has 2 aliphatic carbocycles. The summed E-state index contributed by atoms with van der Waals surface area (Å²) >= 11 is 6.42. The summed E-state index contributed by atoms with van der Waals surface area (Å²) in [5.41, 5.74) is 1.09. The molecule has 1 saturated carbocycles. The van der Waals surface area contributed by atoms with Gasteiger partial charge in [-0.15, -0.1) is 0 Å². The van der Waals surface area contributed by atoms with Crippen LogP contribution in [-0.2, 0) is 24.6 Å². The number of carboxylic acid groups (broad SMARTS) is 1. The number of carbonyl (C=O) groups is 5. The summed E-state index contributed by atoms with van der Waals surface area (Å²) in [4.78, 5) is 73.4. The van der Waals surface area contributed by atoms with Gasteiger partial charge in [0.1, 0.15) is 5.75 Å². The SMILES string of the molecule is O=C(O)c1cccc(N2C(=O)[C@H]3[C@H](CC=C4[C@H]3C[C@H]3C(=O)N(c5cccc(Cl)c5)C(=O)[C@@]3(c3ccccc3)[C@H]4c3ccc(O)c4ccccc34)C2=O)c1. The topological polar surface area (TPSA) is 132 Å². The molecule has 5 aromatic carbocycles. The lowest BCUT2D eigenvalue weighted by molar-refractivity contribution is -0.127. The Labute approximate surface area is 308 Å². The second-order valence-electron chi connectivity index (χ2n) is 14.2. The maximum Gasteiger partial charge on any atom is 0.335 e. The fourth-order valence-electron chi connectivity index (χ4n) is 9.68. The summed E-state index contributed by atoms with van der Waals surface area (Å²) in [7, 11) is 0. The van der Waals surface area contributed by atoms with Crippen LogP contribution in [-0.4, -0.2) is 39.8 Å². The van der Waals surface area contributed by atoms with Gasteiger partial charge in [-0.3, -0.25) is 24.1 Å². The number of amides is 4. The second kappa shape index (κ2) is 12.0. The van der Waals surface area contributed by atoms with Crippen molar-refractivity contribution in [3.8, 4) is 5.75 Å². The average Bonchev–Trinajstić information content (AvgIpc) is 3.56. The molecule has 5 aromatic rings. The minimum absolute atomic E-state index is 0.0578. The fraction of sp³-hybridized carbons (Fsp3) is 0.186. The van der Waals surface area contributed by atoms with Crippen molar-refractivity contribution in [2.45, 2.75) is 24.2 Å². The molecule has 4 amide bonds. The number of fused-ring (bicyclic) bond motifs is 5. The third kappa shape index (κ3) is 4.59. The highest BCUT2D eigenvalue weighted by atomic mass is 35.5. The number of allylic oxidation sites excluding steroid dienone is 2. The molecule has 9 rings (SSSR count). The van der Waals surface area contributed by atoms with E-state index in [1.54, 1.807) is 48.5 Å². The van der Waals surface area contributed by atoms with E-state index in [0.29, 0.717) is 32.6 Å². The molecule has 0 unspecified atom stereocenters. The number of carbonyl (C=O) groups excluding carboxylic acids is 4. The number of phenolic OH excluding ortho intramolecular Hbond substituents is 1. The third-order valence-corrected chi connectivity index (χ3v) is 12.0. The summed E-state index contributed by atoms with van der Waals surface area (Å²) in [6.07, 6.45) is 2.29. The highest BCUT2D eigenvalue weighted by molar-refractivity contribution is 6.32.